The summed E-state index contributed by atoms with van der Waals surface area (Å²) in [5, 5.41) is 0. The molecule has 2 aromatic carbocycles. The van der Waals surface area contributed by atoms with Crippen molar-refractivity contribution >= 4 is 17.7 Å². The summed E-state index contributed by atoms with van der Waals surface area (Å²) in [7, 11) is 1.31. The van der Waals surface area contributed by atoms with Gasteiger partial charge in [0, 0.05) is 10.6 Å². The lowest BCUT2D eigenvalue weighted by Gasteiger charge is -2.15. The number of ether oxygens (including phenoxy) is 1. The maximum absolute atomic E-state index is 13.6. The van der Waals surface area contributed by atoms with Crippen LogP contribution >= 0.6 is 11.8 Å². The first-order valence-electron chi connectivity index (χ1n) is 6.32. The quantitative estimate of drug-likeness (QED) is 0.616. The Morgan fingerprint density at radius 3 is 2.57 bits per heavy atom. The number of esters is 1. The summed E-state index contributed by atoms with van der Waals surface area (Å²) in [4.78, 5) is 12.1. The van der Waals surface area contributed by atoms with E-state index >= 15 is 0 Å². The van der Waals surface area contributed by atoms with Crippen LogP contribution in [-0.2, 0) is 9.53 Å². The predicted molar refractivity (Wildman–Crippen MR) is 78.3 cm³/mol. The van der Waals surface area contributed by atoms with Crippen molar-refractivity contribution in [1.29, 1.82) is 0 Å². The lowest BCUT2D eigenvalue weighted by Crippen LogP contribution is -2.16. The molecule has 0 spiro atoms. The number of carbonyl (C=O) groups excluding carboxylic acids is 1. The highest BCUT2D eigenvalue weighted by Gasteiger charge is 2.22. The molecule has 0 saturated heterocycles. The van der Waals surface area contributed by atoms with Crippen LogP contribution in [0, 0.1) is 11.6 Å². The number of carbonyl (C=O) groups is 1. The van der Waals surface area contributed by atoms with Gasteiger partial charge in [-0.25, -0.2) is 8.78 Å². The van der Waals surface area contributed by atoms with E-state index in [0.717, 1.165) is 35.5 Å². The minimum atomic E-state index is -0.524. The van der Waals surface area contributed by atoms with Crippen LogP contribution in [0.5, 0.6) is 0 Å². The van der Waals surface area contributed by atoms with Crippen molar-refractivity contribution in [1.82, 2.24) is 0 Å². The number of rotatable bonds is 5. The van der Waals surface area contributed by atoms with E-state index in [2.05, 4.69) is 0 Å². The number of thioether (sulfide) groups is 1. The fourth-order valence-corrected chi connectivity index (χ4v) is 2.97. The Balaban J connectivity index is 2.16. The van der Waals surface area contributed by atoms with Crippen LogP contribution in [0.2, 0.25) is 0 Å². The van der Waals surface area contributed by atoms with E-state index in [4.69, 9.17) is 4.74 Å². The first kappa shape index (κ1) is 15.5. The van der Waals surface area contributed by atoms with Crippen molar-refractivity contribution in [3.05, 3.63) is 65.7 Å². The molecule has 5 heteroatoms. The summed E-state index contributed by atoms with van der Waals surface area (Å²) in [5.74, 6) is -1.66. The van der Waals surface area contributed by atoms with Crippen LogP contribution < -0.4 is 0 Å². The zero-order chi connectivity index (χ0) is 15.2. The maximum Gasteiger partial charge on any atom is 0.313 e. The van der Waals surface area contributed by atoms with Crippen LogP contribution in [0.3, 0.4) is 0 Å². The third kappa shape index (κ3) is 4.04. The van der Waals surface area contributed by atoms with Crippen molar-refractivity contribution in [2.24, 2.45) is 0 Å². The van der Waals surface area contributed by atoms with Crippen LogP contribution in [-0.4, -0.2) is 18.8 Å². The van der Waals surface area contributed by atoms with E-state index in [1.807, 2.05) is 30.3 Å². The van der Waals surface area contributed by atoms with Crippen LogP contribution in [0.15, 0.2) is 53.4 Å². The largest absolute Gasteiger partial charge is 0.469 e. The van der Waals surface area contributed by atoms with Crippen LogP contribution in [0.4, 0.5) is 8.78 Å². The van der Waals surface area contributed by atoms with Gasteiger partial charge in [-0.2, -0.15) is 0 Å². The molecule has 110 valence electrons. The third-order valence-electron chi connectivity index (χ3n) is 2.99. The Bertz CT molecular complexity index is 617. The summed E-state index contributed by atoms with van der Waals surface area (Å²) in [5.41, 5.74) is 0.786. The van der Waals surface area contributed by atoms with Gasteiger partial charge < -0.3 is 4.74 Å². The molecule has 2 rings (SSSR count). The van der Waals surface area contributed by atoms with Crippen molar-refractivity contribution < 1.29 is 18.3 Å². The van der Waals surface area contributed by atoms with Gasteiger partial charge in [0.15, 0.2) is 0 Å². The molecule has 0 aliphatic carbocycles. The van der Waals surface area contributed by atoms with Crippen molar-refractivity contribution in [3.63, 3.8) is 0 Å². The second-order valence-corrected chi connectivity index (χ2v) is 5.43. The molecule has 0 radical (unpaired) electrons. The molecule has 0 bridgehead atoms. The fourth-order valence-electron chi connectivity index (χ4n) is 1.89. The van der Waals surface area contributed by atoms with Gasteiger partial charge in [-0.1, -0.05) is 30.3 Å². The lowest BCUT2D eigenvalue weighted by molar-refractivity contribution is -0.141. The SMILES string of the molecule is COC(=O)C(CSc1cc(F)ccc1F)c1ccccc1. The van der Waals surface area contributed by atoms with Gasteiger partial charge in [-0.3, -0.25) is 4.79 Å². The molecule has 1 atom stereocenters. The molecule has 0 aliphatic heterocycles. The molecule has 0 aliphatic rings. The standard InChI is InChI=1S/C16H14F2O2S/c1-20-16(19)13(11-5-3-2-4-6-11)10-21-15-9-12(17)7-8-14(15)18/h2-9,13H,10H2,1H3. The summed E-state index contributed by atoms with van der Waals surface area (Å²) in [6.07, 6.45) is 0. The Kier molecular flexibility index (Phi) is 5.33. The molecule has 0 aromatic heterocycles. The Labute approximate surface area is 126 Å². The molecule has 0 amide bonds. The summed E-state index contributed by atoms with van der Waals surface area (Å²) in [6, 6.07) is 12.4. The van der Waals surface area contributed by atoms with Gasteiger partial charge in [0.1, 0.15) is 11.6 Å². The van der Waals surface area contributed by atoms with E-state index in [9.17, 15) is 13.6 Å². The van der Waals surface area contributed by atoms with Crippen molar-refractivity contribution in [3.8, 4) is 0 Å². The zero-order valence-electron chi connectivity index (χ0n) is 11.4. The predicted octanol–water partition coefficient (Wildman–Crippen LogP) is 4.01. The molecule has 1 unspecified atom stereocenters. The Morgan fingerprint density at radius 1 is 1.19 bits per heavy atom. The average Bonchev–Trinajstić information content (AvgIpc) is 2.51. The zero-order valence-corrected chi connectivity index (χ0v) is 12.2. The minimum absolute atomic E-state index is 0.180. The van der Waals surface area contributed by atoms with E-state index < -0.39 is 23.5 Å². The van der Waals surface area contributed by atoms with Gasteiger partial charge in [0.2, 0.25) is 0 Å². The number of hydrogen-bond donors (Lipinski definition) is 0. The highest BCUT2D eigenvalue weighted by Crippen LogP contribution is 2.29. The first-order chi connectivity index (χ1) is 10.1. The number of benzene rings is 2. The smallest absolute Gasteiger partial charge is 0.313 e. The number of hydrogen-bond acceptors (Lipinski definition) is 3. The van der Waals surface area contributed by atoms with Gasteiger partial charge in [0.05, 0.1) is 13.0 Å². The first-order valence-corrected chi connectivity index (χ1v) is 7.31. The van der Waals surface area contributed by atoms with Crippen molar-refractivity contribution in [2.75, 3.05) is 12.9 Å². The molecule has 0 N–H and O–H groups in total. The average molecular weight is 308 g/mol. The molecule has 0 heterocycles. The Morgan fingerprint density at radius 2 is 1.90 bits per heavy atom. The topological polar surface area (TPSA) is 26.3 Å². The maximum atomic E-state index is 13.6. The lowest BCUT2D eigenvalue weighted by atomic mass is 10.0. The normalized spacial score (nSPS) is 12.0. The second-order valence-electron chi connectivity index (χ2n) is 4.37. The van der Waals surface area contributed by atoms with Crippen molar-refractivity contribution in [2.45, 2.75) is 10.8 Å². The molecule has 0 fully saturated rings. The van der Waals surface area contributed by atoms with E-state index in [0.29, 0.717) is 0 Å². The molecule has 21 heavy (non-hydrogen) atoms. The van der Waals surface area contributed by atoms with Crippen LogP contribution in [0.1, 0.15) is 11.5 Å². The Hall–Kier alpha value is -1.88. The van der Waals surface area contributed by atoms with Gasteiger partial charge >= 0.3 is 5.97 Å². The highest BCUT2D eigenvalue weighted by atomic mass is 32.2. The fraction of sp³-hybridized carbons (Fsp3) is 0.188. The molecule has 2 aromatic rings. The summed E-state index contributed by atoms with van der Waals surface area (Å²) >= 11 is 1.09. The van der Waals surface area contributed by atoms with E-state index in [-0.39, 0.29) is 10.6 Å². The monoisotopic (exact) mass is 308 g/mol. The van der Waals surface area contributed by atoms with Crippen LogP contribution in [0.25, 0.3) is 0 Å². The van der Waals surface area contributed by atoms with E-state index in [1.165, 1.54) is 7.11 Å². The van der Waals surface area contributed by atoms with Gasteiger partial charge in [-0.05, 0) is 23.8 Å². The molecular formula is C16H14F2O2S. The number of halogens is 2. The second kappa shape index (κ2) is 7.22. The third-order valence-corrected chi connectivity index (χ3v) is 4.11. The summed E-state index contributed by atoms with van der Waals surface area (Å²) < 4.78 is 31.5. The summed E-state index contributed by atoms with van der Waals surface area (Å²) in [6.45, 7) is 0. The van der Waals surface area contributed by atoms with Gasteiger partial charge in [-0.15, -0.1) is 11.8 Å². The molecule has 2 nitrogen and oxygen atoms in total. The minimum Gasteiger partial charge on any atom is -0.469 e. The molecule has 0 saturated carbocycles. The highest BCUT2D eigenvalue weighted by molar-refractivity contribution is 7.99. The number of methoxy groups -OCH3 is 1. The van der Waals surface area contributed by atoms with Gasteiger partial charge in [0.25, 0.3) is 0 Å². The molecular weight excluding hydrogens is 294 g/mol. The van der Waals surface area contributed by atoms with E-state index in [1.54, 1.807) is 0 Å².